The highest BCUT2D eigenvalue weighted by molar-refractivity contribution is 8.00. The first-order valence-corrected chi connectivity index (χ1v) is 6.75. The lowest BCUT2D eigenvalue weighted by Gasteiger charge is -2.09. The third-order valence-corrected chi connectivity index (χ3v) is 3.63. The van der Waals surface area contributed by atoms with E-state index in [9.17, 15) is 9.90 Å². The molecule has 1 amide bonds. The summed E-state index contributed by atoms with van der Waals surface area (Å²) in [5.74, 6) is 0.354. The average molecular weight is 253 g/mol. The van der Waals surface area contributed by atoms with Crippen molar-refractivity contribution in [3.8, 4) is 0 Å². The molecule has 1 atom stereocenters. The lowest BCUT2D eigenvalue weighted by atomic mass is 10.2. The van der Waals surface area contributed by atoms with E-state index < -0.39 is 6.10 Å². The van der Waals surface area contributed by atoms with Gasteiger partial charge in [-0.15, -0.1) is 11.8 Å². The zero-order valence-electron chi connectivity index (χ0n) is 10.3. The van der Waals surface area contributed by atoms with Gasteiger partial charge in [-0.05, 0) is 25.0 Å². The molecule has 1 rings (SSSR count). The Labute approximate surface area is 107 Å². The Hall–Kier alpha value is -1.00. The van der Waals surface area contributed by atoms with Crippen molar-refractivity contribution in [1.82, 2.24) is 5.32 Å². The fourth-order valence-corrected chi connectivity index (χ4v) is 2.15. The SMILES string of the molecule is CCC(O)CNC(=O)CSc1ccccc1C. The molecule has 0 aliphatic heterocycles. The van der Waals surface area contributed by atoms with E-state index in [4.69, 9.17) is 0 Å². The Balaban J connectivity index is 2.31. The normalized spacial score (nSPS) is 12.2. The summed E-state index contributed by atoms with van der Waals surface area (Å²) in [6.45, 7) is 4.25. The van der Waals surface area contributed by atoms with Crippen LogP contribution in [-0.2, 0) is 4.79 Å². The van der Waals surface area contributed by atoms with Crippen LogP contribution in [-0.4, -0.2) is 29.4 Å². The quantitative estimate of drug-likeness (QED) is 0.762. The van der Waals surface area contributed by atoms with Gasteiger partial charge in [-0.25, -0.2) is 0 Å². The van der Waals surface area contributed by atoms with E-state index in [1.807, 2.05) is 38.1 Å². The number of carbonyl (C=O) groups is 1. The molecular formula is C13H19NO2S. The Morgan fingerprint density at radius 3 is 2.82 bits per heavy atom. The zero-order chi connectivity index (χ0) is 12.7. The number of thioether (sulfide) groups is 1. The van der Waals surface area contributed by atoms with Gasteiger partial charge in [-0.1, -0.05) is 25.1 Å². The molecule has 94 valence electrons. The summed E-state index contributed by atoms with van der Waals surface area (Å²) in [6.07, 6.45) is 0.216. The first-order chi connectivity index (χ1) is 8.13. The molecule has 0 aliphatic rings. The second-order valence-corrected chi connectivity index (χ2v) is 4.94. The molecule has 1 unspecified atom stereocenters. The molecule has 0 radical (unpaired) electrons. The largest absolute Gasteiger partial charge is 0.391 e. The fourth-order valence-electron chi connectivity index (χ4n) is 1.29. The number of carbonyl (C=O) groups excluding carboxylic acids is 1. The Morgan fingerprint density at radius 2 is 2.18 bits per heavy atom. The molecule has 0 bridgehead atoms. The minimum absolute atomic E-state index is 0.0363. The van der Waals surface area contributed by atoms with Crippen molar-refractivity contribution in [2.75, 3.05) is 12.3 Å². The van der Waals surface area contributed by atoms with Crippen LogP contribution < -0.4 is 5.32 Å². The molecule has 2 N–H and O–H groups in total. The smallest absolute Gasteiger partial charge is 0.230 e. The lowest BCUT2D eigenvalue weighted by molar-refractivity contribution is -0.119. The van der Waals surface area contributed by atoms with E-state index in [0.717, 1.165) is 4.90 Å². The van der Waals surface area contributed by atoms with Crippen LogP contribution in [0.2, 0.25) is 0 Å². The second-order valence-electron chi connectivity index (χ2n) is 3.92. The highest BCUT2D eigenvalue weighted by Crippen LogP contribution is 2.21. The topological polar surface area (TPSA) is 49.3 Å². The molecule has 4 heteroatoms. The Kier molecular flexibility index (Phi) is 6.08. The van der Waals surface area contributed by atoms with Crippen LogP contribution in [0.1, 0.15) is 18.9 Å². The number of nitrogens with one attached hydrogen (secondary N) is 1. The van der Waals surface area contributed by atoms with Gasteiger partial charge in [0.15, 0.2) is 0 Å². The van der Waals surface area contributed by atoms with E-state index in [2.05, 4.69) is 5.32 Å². The number of benzene rings is 1. The van der Waals surface area contributed by atoms with Crippen LogP contribution in [0.25, 0.3) is 0 Å². The van der Waals surface area contributed by atoms with Crippen LogP contribution >= 0.6 is 11.8 Å². The first kappa shape index (κ1) is 14.1. The maximum atomic E-state index is 11.5. The van der Waals surface area contributed by atoms with Crippen molar-refractivity contribution in [3.05, 3.63) is 29.8 Å². The number of aryl methyl sites for hydroxylation is 1. The number of hydrogen-bond acceptors (Lipinski definition) is 3. The standard InChI is InChI=1S/C13H19NO2S/c1-3-11(15)8-14-13(16)9-17-12-7-5-4-6-10(12)2/h4-7,11,15H,3,8-9H2,1-2H3,(H,14,16). The van der Waals surface area contributed by atoms with Crippen molar-refractivity contribution in [3.63, 3.8) is 0 Å². The van der Waals surface area contributed by atoms with E-state index >= 15 is 0 Å². The zero-order valence-corrected chi connectivity index (χ0v) is 11.1. The van der Waals surface area contributed by atoms with Crippen molar-refractivity contribution < 1.29 is 9.90 Å². The van der Waals surface area contributed by atoms with Crippen LogP contribution in [0.5, 0.6) is 0 Å². The third kappa shape index (κ3) is 5.24. The molecule has 17 heavy (non-hydrogen) atoms. The first-order valence-electron chi connectivity index (χ1n) is 5.76. The molecule has 0 aromatic heterocycles. The molecule has 1 aromatic carbocycles. The summed E-state index contributed by atoms with van der Waals surface area (Å²) in [4.78, 5) is 12.6. The van der Waals surface area contributed by atoms with Crippen molar-refractivity contribution in [1.29, 1.82) is 0 Å². The third-order valence-electron chi connectivity index (χ3n) is 2.46. The molecule has 1 aromatic rings. The molecule has 0 saturated carbocycles. The monoisotopic (exact) mass is 253 g/mol. The highest BCUT2D eigenvalue weighted by atomic mass is 32.2. The van der Waals surface area contributed by atoms with Gasteiger partial charge in [0.05, 0.1) is 11.9 Å². The van der Waals surface area contributed by atoms with E-state index in [1.54, 1.807) is 0 Å². The number of rotatable bonds is 6. The van der Waals surface area contributed by atoms with Gasteiger partial charge in [0, 0.05) is 11.4 Å². The van der Waals surface area contributed by atoms with Crippen LogP contribution in [0.4, 0.5) is 0 Å². The van der Waals surface area contributed by atoms with Crippen LogP contribution in [0, 0.1) is 6.92 Å². The van der Waals surface area contributed by atoms with Gasteiger partial charge >= 0.3 is 0 Å². The highest BCUT2D eigenvalue weighted by Gasteiger charge is 2.06. The fraction of sp³-hybridized carbons (Fsp3) is 0.462. The summed E-state index contributed by atoms with van der Waals surface area (Å²) in [6, 6.07) is 7.99. The summed E-state index contributed by atoms with van der Waals surface area (Å²) < 4.78 is 0. The maximum Gasteiger partial charge on any atom is 0.230 e. The molecule has 0 aliphatic carbocycles. The molecule has 0 spiro atoms. The van der Waals surface area contributed by atoms with Gasteiger partial charge in [-0.2, -0.15) is 0 Å². The second kappa shape index (κ2) is 7.35. The minimum Gasteiger partial charge on any atom is -0.391 e. The summed E-state index contributed by atoms with van der Waals surface area (Å²) in [5, 5.41) is 12.0. The van der Waals surface area contributed by atoms with Crippen molar-refractivity contribution >= 4 is 17.7 Å². The van der Waals surface area contributed by atoms with E-state index in [1.165, 1.54) is 17.3 Å². The van der Waals surface area contributed by atoms with E-state index in [0.29, 0.717) is 18.7 Å². The predicted octanol–water partition coefficient (Wildman–Crippen LogP) is 1.97. The summed E-state index contributed by atoms with van der Waals surface area (Å²) >= 11 is 1.52. The lowest BCUT2D eigenvalue weighted by Crippen LogP contribution is -2.32. The van der Waals surface area contributed by atoms with Crippen LogP contribution in [0.15, 0.2) is 29.2 Å². The average Bonchev–Trinajstić information content (AvgIpc) is 2.35. The van der Waals surface area contributed by atoms with Gasteiger partial charge in [0.1, 0.15) is 0 Å². The van der Waals surface area contributed by atoms with Gasteiger partial charge in [-0.3, -0.25) is 4.79 Å². The number of hydrogen-bond donors (Lipinski definition) is 2. The van der Waals surface area contributed by atoms with E-state index in [-0.39, 0.29) is 5.91 Å². The Bertz CT molecular complexity index is 368. The number of aliphatic hydroxyl groups is 1. The van der Waals surface area contributed by atoms with Crippen LogP contribution in [0.3, 0.4) is 0 Å². The maximum absolute atomic E-state index is 11.5. The molecule has 0 saturated heterocycles. The number of amides is 1. The molecular weight excluding hydrogens is 234 g/mol. The molecule has 0 fully saturated rings. The molecule has 0 heterocycles. The van der Waals surface area contributed by atoms with Crippen molar-refractivity contribution in [2.24, 2.45) is 0 Å². The predicted molar refractivity (Wildman–Crippen MR) is 71.2 cm³/mol. The number of aliphatic hydroxyl groups excluding tert-OH is 1. The summed E-state index contributed by atoms with van der Waals surface area (Å²) in [5.41, 5.74) is 1.18. The van der Waals surface area contributed by atoms with Gasteiger partial charge < -0.3 is 10.4 Å². The summed E-state index contributed by atoms with van der Waals surface area (Å²) in [7, 11) is 0. The minimum atomic E-state index is -0.442. The van der Waals surface area contributed by atoms with Gasteiger partial charge in [0.2, 0.25) is 5.91 Å². The molecule has 3 nitrogen and oxygen atoms in total. The van der Waals surface area contributed by atoms with Crippen molar-refractivity contribution in [2.45, 2.75) is 31.3 Å². The Morgan fingerprint density at radius 1 is 1.47 bits per heavy atom. The van der Waals surface area contributed by atoms with Gasteiger partial charge in [0.25, 0.3) is 0 Å².